The van der Waals surface area contributed by atoms with Gasteiger partial charge >= 0.3 is 11.7 Å². The summed E-state index contributed by atoms with van der Waals surface area (Å²) in [6.07, 6.45) is 0. The van der Waals surface area contributed by atoms with E-state index in [0.717, 1.165) is 9.13 Å². The Morgan fingerprint density at radius 3 is 2.11 bits per heavy atom. The molecule has 0 bridgehead atoms. The van der Waals surface area contributed by atoms with Gasteiger partial charge in [0.2, 0.25) is 0 Å². The molecule has 140 valence electrons. The first-order valence-electron chi connectivity index (χ1n) is 8.27. The van der Waals surface area contributed by atoms with Gasteiger partial charge in [0.05, 0.1) is 22.0 Å². The highest BCUT2D eigenvalue weighted by Crippen LogP contribution is 2.22. The summed E-state index contributed by atoms with van der Waals surface area (Å²) in [6, 6.07) is 12.4. The van der Waals surface area contributed by atoms with E-state index in [4.69, 9.17) is 4.84 Å². The zero-order chi connectivity index (χ0) is 20.0. The molecule has 0 unspecified atom stereocenters. The second-order valence-electron chi connectivity index (χ2n) is 6.16. The summed E-state index contributed by atoms with van der Waals surface area (Å²) >= 11 is 0. The molecule has 0 N–H and O–H groups in total. The van der Waals surface area contributed by atoms with Crippen molar-refractivity contribution in [2.45, 2.75) is 6.54 Å². The van der Waals surface area contributed by atoms with Crippen LogP contribution >= 0.6 is 0 Å². The highest BCUT2D eigenvalue weighted by molar-refractivity contribution is 6.20. The van der Waals surface area contributed by atoms with Crippen molar-refractivity contribution in [3.63, 3.8) is 0 Å². The maximum absolute atomic E-state index is 12.5. The summed E-state index contributed by atoms with van der Waals surface area (Å²) in [5, 5.41) is 0.625. The molecule has 9 heteroatoms. The van der Waals surface area contributed by atoms with Crippen molar-refractivity contribution in [1.82, 2.24) is 14.2 Å². The number of benzene rings is 2. The van der Waals surface area contributed by atoms with Gasteiger partial charge in [0.1, 0.15) is 6.54 Å². The zero-order valence-electron chi connectivity index (χ0n) is 14.6. The van der Waals surface area contributed by atoms with Crippen molar-refractivity contribution >= 4 is 28.7 Å². The van der Waals surface area contributed by atoms with Gasteiger partial charge in [-0.05, 0) is 24.3 Å². The van der Waals surface area contributed by atoms with Gasteiger partial charge in [-0.3, -0.25) is 23.5 Å². The third kappa shape index (κ3) is 2.52. The molecule has 0 saturated heterocycles. The van der Waals surface area contributed by atoms with E-state index in [1.54, 1.807) is 24.3 Å². The summed E-state index contributed by atoms with van der Waals surface area (Å²) in [6.45, 7) is -0.582. The molecular weight excluding hydrogens is 366 g/mol. The van der Waals surface area contributed by atoms with Crippen LogP contribution in [0, 0.1) is 0 Å². The normalized spacial score (nSPS) is 13.1. The first kappa shape index (κ1) is 17.4. The summed E-state index contributed by atoms with van der Waals surface area (Å²) in [4.78, 5) is 66.6. The van der Waals surface area contributed by atoms with Crippen LogP contribution in [0.1, 0.15) is 20.7 Å². The van der Waals surface area contributed by atoms with Crippen molar-refractivity contribution in [1.29, 1.82) is 0 Å². The Morgan fingerprint density at radius 1 is 0.893 bits per heavy atom. The van der Waals surface area contributed by atoms with Crippen molar-refractivity contribution in [3.8, 4) is 0 Å². The van der Waals surface area contributed by atoms with Crippen molar-refractivity contribution in [3.05, 3.63) is 80.5 Å². The van der Waals surface area contributed by atoms with E-state index in [0.29, 0.717) is 5.06 Å². The van der Waals surface area contributed by atoms with Crippen LogP contribution < -0.4 is 11.2 Å². The molecule has 1 aromatic heterocycles. The minimum atomic E-state index is -1.000. The third-order valence-corrected chi connectivity index (χ3v) is 4.48. The predicted octanol–water partition coefficient (Wildman–Crippen LogP) is 0.455. The lowest BCUT2D eigenvalue weighted by Crippen LogP contribution is -2.41. The average molecular weight is 379 g/mol. The number of imide groups is 1. The molecule has 0 saturated carbocycles. The minimum Gasteiger partial charge on any atom is -0.328 e. The van der Waals surface area contributed by atoms with Gasteiger partial charge in [-0.2, -0.15) is 0 Å². The summed E-state index contributed by atoms with van der Waals surface area (Å²) in [7, 11) is 1.29. The zero-order valence-corrected chi connectivity index (χ0v) is 14.6. The smallest absolute Gasteiger partial charge is 0.328 e. The van der Waals surface area contributed by atoms with Crippen LogP contribution in [0.4, 0.5) is 0 Å². The van der Waals surface area contributed by atoms with Crippen LogP contribution in [0.2, 0.25) is 0 Å². The maximum atomic E-state index is 12.5. The van der Waals surface area contributed by atoms with Gasteiger partial charge in [-0.25, -0.2) is 9.59 Å². The fourth-order valence-electron chi connectivity index (χ4n) is 3.10. The van der Waals surface area contributed by atoms with Crippen molar-refractivity contribution in [2.75, 3.05) is 0 Å². The number of hydrogen-bond acceptors (Lipinski definition) is 6. The molecule has 4 rings (SSSR count). The molecule has 2 amide bonds. The number of nitrogens with zero attached hydrogens (tertiary/aromatic N) is 3. The molecule has 0 aliphatic carbocycles. The molecule has 28 heavy (non-hydrogen) atoms. The lowest BCUT2D eigenvalue weighted by molar-refractivity contribution is -0.169. The summed E-state index contributed by atoms with van der Waals surface area (Å²) < 4.78 is 1.93. The largest absolute Gasteiger partial charge is 0.352 e. The highest BCUT2D eigenvalue weighted by atomic mass is 16.7. The summed E-state index contributed by atoms with van der Waals surface area (Å²) in [5.74, 6) is -2.52. The molecule has 2 heterocycles. The maximum Gasteiger partial charge on any atom is 0.352 e. The Balaban J connectivity index is 1.66. The molecular formula is C19H13N3O6. The molecule has 1 aliphatic heterocycles. The standard InChI is InChI=1S/C19H13N3O6/c1-20-16(24)13-8-4-5-9-14(13)21(19(20)27)10-15(23)28-22-17(25)11-6-2-3-7-12(11)18(22)26/h2-9H,10H2,1H3. The Kier molecular flexibility index (Phi) is 3.92. The van der Waals surface area contributed by atoms with Crippen LogP contribution in [0.25, 0.3) is 10.9 Å². The quantitative estimate of drug-likeness (QED) is 0.612. The number of carbonyl (C=O) groups excluding carboxylic acids is 3. The van der Waals surface area contributed by atoms with Gasteiger partial charge in [0.15, 0.2) is 0 Å². The number of hydroxylamine groups is 2. The van der Waals surface area contributed by atoms with Gasteiger partial charge in [0, 0.05) is 7.05 Å². The Hall–Kier alpha value is -4.01. The van der Waals surface area contributed by atoms with Crippen LogP contribution in [0.15, 0.2) is 58.1 Å². The second kappa shape index (κ2) is 6.31. The fraction of sp³-hybridized carbons (Fsp3) is 0.105. The molecule has 0 fully saturated rings. The number of para-hydroxylation sites is 1. The topological polar surface area (TPSA) is 108 Å². The monoisotopic (exact) mass is 379 g/mol. The van der Waals surface area contributed by atoms with E-state index in [2.05, 4.69) is 0 Å². The molecule has 0 radical (unpaired) electrons. The van der Waals surface area contributed by atoms with E-state index in [9.17, 15) is 24.0 Å². The summed E-state index contributed by atoms with van der Waals surface area (Å²) in [5.41, 5.74) is -0.710. The van der Waals surface area contributed by atoms with Gasteiger partial charge in [-0.15, -0.1) is 0 Å². The highest BCUT2D eigenvalue weighted by Gasteiger charge is 2.38. The van der Waals surface area contributed by atoms with Crippen LogP contribution in [0.5, 0.6) is 0 Å². The Labute approximate surface area is 156 Å². The van der Waals surface area contributed by atoms with E-state index in [1.165, 1.54) is 31.3 Å². The molecule has 9 nitrogen and oxygen atoms in total. The number of hydrogen-bond donors (Lipinski definition) is 0. The molecule has 3 aromatic rings. The molecule has 0 spiro atoms. The van der Waals surface area contributed by atoms with E-state index >= 15 is 0 Å². The van der Waals surface area contributed by atoms with Gasteiger partial charge in [-0.1, -0.05) is 29.3 Å². The first-order chi connectivity index (χ1) is 13.4. The number of fused-ring (bicyclic) bond motifs is 2. The average Bonchev–Trinajstić information content (AvgIpc) is 2.95. The van der Waals surface area contributed by atoms with Gasteiger partial charge < -0.3 is 4.84 Å². The molecule has 0 atom stereocenters. The first-order valence-corrected chi connectivity index (χ1v) is 8.27. The minimum absolute atomic E-state index is 0.130. The Morgan fingerprint density at radius 2 is 1.46 bits per heavy atom. The van der Waals surface area contributed by atoms with E-state index in [-0.39, 0.29) is 22.0 Å². The lowest BCUT2D eigenvalue weighted by Gasteiger charge is -2.15. The number of aromatic nitrogens is 2. The number of carbonyl (C=O) groups is 3. The second-order valence-corrected chi connectivity index (χ2v) is 6.16. The molecule has 2 aromatic carbocycles. The lowest BCUT2D eigenvalue weighted by atomic mass is 10.1. The predicted molar refractivity (Wildman–Crippen MR) is 96.5 cm³/mol. The van der Waals surface area contributed by atoms with Crippen LogP contribution in [0.3, 0.4) is 0 Å². The SMILES string of the molecule is Cn1c(=O)c2ccccc2n(CC(=O)ON2C(=O)c3ccccc3C2=O)c1=O. The van der Waals surface area contributed by atoms with Crippen LogP contribution in [-0.4, -0.2) is 32.0 Å². The number of amides is 2. The fourth-order valence-corrected chi connectivity index (χ4v) is 3.10. The van der Waals surface area contributed by atoms with E-state index < -0.39 is 35.6 Å². The van der Waals surface area contributed by atoms with Crippen LogP contribution in [-0.2, 0) is 23.2 Å². The van der Waals surface area contributed by atoms with E-state index in [1.807, 2.05) is 0 Å². The van der Waals surface area contributed by atoms with Gasteiger partial charge in [0.25, 0.3) is 17.4 Å². The molecule has 1 aliphatic rings. The Bertz CT molecular complexity index is 1250. The third-order valence-electron chi connectivity index (χ3n) is 4.48. The van der Waals surface area contributed by atoms with Crippen molar-refractivity contribution in [2.24, 2.45) is 7.05 Å². The van der Waals surface area contributed by atoms with Crippen molar-refractivity contribution < 1.29 is 19.2 Å². The number of rotatable bonds is 3.